The van der Waals surface area contributed by atoms with Crippen molar-refractivity contribution in [2.45, 2.75) is 39.9 Å². The largest absolute Gasteiger partial charge is 0.416 e. The summed E-state index contributed by atoms with van der Waals surface area (Å²) in [4.78, 5) is 29.7. The molecule has 3 heterocycles. The molecular weight excluding hydrogens is 523 g/mol. The number of nitro benzene ring substituents is 1. The number of non-ortho nitro benzene ring substituents is 1. The second-order valence-corrected chi connectivity index (χ2v) is 9.00. The van der Waals surface area contributed by atoms with Crippen molar-refractivity contribution in [3.8, 4) is 0 Å². The zero-order chi connectivity index (χ0) is 28.2. The topological polar surface area (TPSA) is 91.5 Å². The van der Waals surface area contributed by atoms with Gasteiger partial charge >= 0.3 is 6.18 Å². The monoisotopic (exact) mass is 553 g/mol. The van der Waals surface area contributed by atoms with Crippen LogP contribution in [0, 0.1) is 10.1 Å². The Bertz CT molecular complexity index is 1280. The zero-order valence-corrected chi connectivity index (χ0v) is 22.7. The van der Waals surface area contributed by atoms with Crippen LogP contribution in [0.1, 0.15) is 44.9 Å². The quantitative estimate of drug-likeness (QED) is 0.209. The van der Waals surface area contributed by atoms with Gasteiger partial charge in [0, 0.05) is 45.4 Å². The molecule has 4 rings (SSSR count). The van der Waals surface area contributed by atoms with Gasteiger partial charge in [-0.05, 0) is 42.8 Å². The van der Waals surface area contributed by atoms with Crippen molar-refractivity contribution in [1.82, 2.24) is 19.9 Å². The Labute approximate surface area is 224 Å². The summed E-state index contributed by atoms with van der Waals surface area (Å²) < 4.78 is 40.3. The van der Waals surface area contributed by atoms with Crippen LogP contribution in [0.25, 0.3) is 11.0 Å². The number of alkyl halides is 3. The Morgan fingerprint density at radius 3 is 2.37 bits per heavy atom. The Morgan fingerprint density at radius 2 is 1.79 bits per heavy atom. The lowest BCUT2D eigenvalue weighted by Gasteiger charge is -2.35. The number of anilines is 2. The van der Waals surface area contributed by atoms with Crippen LogP contribution in [0.2, 0.25) is 5.28 Å². The average Bonchev–Trinajstić information content (AvgIpc) is 2.92. The van der Waals surface area contributed by atoms with Crippen LogP contribution >= 0.6 is 11.6 Å². The first-order chi connectivity index (χ1) is 18.0. The Balaban J connectivity index is 0.00000195. The highest BCUT2D eigenvalue weighted by atomic mass is 35.5. The summed E-state index contributed by atoms with van der Waals surface area (Å²) in [5.74, 6) is 0.360. The molecule has 0 saturated carbocycles. The van der Waals surface area contributed by atoms with Crippen LogP contribution in [-0.4, -0.2) is 64.5 Å². The average molecular weight is 554 g/mol. The number of fused-ring (bicyclic) bond motifs is 1. The van der Waals surface area contributed by atoms with Gasteiger partial charge in [-0.25, -0.2) is 4.98 Å². The van der Waals surface area contributed by atoms with E-state index < -0.39 is 28.4 Å². The second-order valence-electron chi connectivity index (χ2n) is 8.66. The van der Waals surface area contributed by atoms with Crippen molar-refractivity contribution in [2.24, 2.45) is 0 Å². The smallest absolute Gasteiger partial charge is 0.368 e. The number of pyridine rings is 1. The van der Waals surface area contributed by atoms with Crippen molar-refractivity contribution < 1.29 is 18.1 Å². The minimum Gasteiger partial charge on any atom is -0.368 e. The maximum atomic E-state index is 13.4. The summed E-state index contributed by atoms with van der Waals surface area (Å²) >= 11 is 6.15. The number of hydrogen-bond donors (Lipinski definition) is 0. The molecule has 13 heteroatoms. The van der Waals surface area contributed by atoms with Gasteiger partial charge in [-0.15, -0.1) is 0 Å². The number of hydrogen-bond acceptors (Lipinski definition) is 8. The first kappa shape index (κ1) is 29.3. The lowest BCUT2D eigenvalue weighted by Crippen LogP contribution is -2.46. The predicted molar refractivity (Wildman–Crippen MR) is 143 cm³/mol. The number of benzene rings is 1. The van der Waals surface area contributed by atoms with Crippen LogP contribution in [-0.2, 0) is 6.18 Å². The van der Waals surface area contributed by atoms with Gasteiger partial charge in [-0.1, -0.05) is 20.8 Å². The van der Waals surface area contributed by atoms with Gasteiger partial charge in [0.1, 0.15) is 5.82 Å². The molecule has 0 radical (unpaired) electrons. The lowest BCUT2D eigenvalue weighted by molar-refractivity contribution is -0.385. The molecule has 0 amide bonds. The van der Waals surface area contributed by atoms with Gasteiger partial charge in [0.05, 0.1) is 33.8 Å². The predicted octanol–water partition coefficient (Wildman–Crippen LogP) is 5.97. The molecule has 0 aliphatic carbocycles. The fourth-order valence-electron chi connectivity index (χ4n) is 4.28. The summed E-state index contributed by atoms with van der Waals surface area (Å²) in [6, 6.07) is 3.76. The number of piperazine rings is 1. The molecule has 1 atom stereocenters. The normalized spacial score (nSPS) is 15.1. The number of nitro groups is 1. The fraction of sp³-hybridized carbons (Fsp3) is 0.480. The third-order valence-electron chi connectivity index (χ3n) is 6.55. The molecule has 9 nitrogen and oxygen atoms in total. The van der Waals surface area contributed by atoms with Crippen molar-refractivity contribution in [3.63, 3.8) is 0 Å². The molecule has 0 N–H and O–H groups in total. The van der Waals surface area contributed by atoms with Gasteiger partial charge < -0.3 is 14.7 Å². The molecule has 38 heavy (non-hydrogen) atoms. The van der Waals surface area contributed by atoms with Gasteiger partial charge in [-0.3, -0.25) is 10.1 Å². The fourth-order valence-corrected chi connectivity index (χ4v) is 4.44. The standard InChI is InChI=1S/C23H25ClF3N7O2.C2H6/c1-4-32-5-7-33(8-6-32)18-12-19-20(28-13-18)29-22(24)30-21(19)31(3)14(2)15-9-16(23(25,26)27)11-17(10-15)34(35)36;1-2/h9-14H,4-8H2,1-3H3;1-2H3/t14-;/m1./s1. The molecule has 2 aromatic heterocycles. The highest BCUT2D eigenvalue weighted by Gasteiger charge is 2.34. The molecular formula is C25H31ClF3N7O2. The van der Waals surface area contributed by atoms with E-state index in [1.54, 1.807) is 25.1 Å². The first-order valence-corrected chi connectivity index (χ1v) is 12.8. The summed E-state index contributed by atoms with van der Waals surface area (Å²) in [5, 5.41) is 11.8. The third kappa shape index (κ3) is 6.41. The number of nitrogens with zero attached hydrogens (tertiary/aromatic N) is 7. The molecule has 1 aromatic carbocycles. The number of aromatic nitrogens is 3. The van der Waals surface area contributed by atoms with Gasteiger partial charge in [-0.2, -0.15) is 23.1 Å². The second kappa shape index (κ2) is 12.1. The Morgan fingerprint density at radius 1 is 1.13 bits per heavy atom. The highest BCUT2D eigenvalue weighted by molar-refractivity contribution is 6.28. The van der Waals surface area contributed by atoms with Crippen molar-refractivity contribution >= 4 is 39.8 Å². The van der Waals surface area contributed by atoms with Gasteiger partial charge in [0.25, 0.3) is 5.69 Å². The van der Waals surface area contributed by atoms with E-state index in [0.717, 1.165) is 50.5 Å². The van der Waals surface area contributed by atoms with Crippen LogP contribution < -0.4 is 9.80 Å². The van der Waals surface area contributed by atoms with E-state index in [4.69, 9.17) is 11.6 Å². The van der Waals surface area contributed by atoms with Crippen molar-refractivity contribution in [3.05, 3.63) is 57.0 Å². The maximum absolute atomic E-state index is 13.4. The van der Waals surface area contributed by atoms with Crippen molar-refractivity contribution in [1.29, 1.82) is 0 Å². The maximum Gasteiger partial charge on any atom is 0.416 e. The molecule has 206 valence electrons. The van der Waals surface area contributed by atoms with E-state index in [1.165, 1.54) is 0 Å². The summed E-state index contributed by atoms with van der Waals surface area (Å²) in [7, 11) is 1.64. The van der Waals surface area contributed by atoms with Gasteiger partial charge in [0.15, 0.2) is 5.65 Å². The van der Waals surface area contributed by atoms with E-state index >= 15 is 0 Å². The molecule has 1 aliphatic rings. The summed E-state index contributed by atoms with van der Waals surface area (Å²) in [5.41, 5.74) is -0.397. The Hall–Kier alpha value is -3.25. The van der Waals surface area contributed by atoms with E-state index in [-0.39, 0.29) is 10.8 Å². The molecule has 0 bridgehead atoms. The zero-order valence-electron chi connectivity index (χ0n) is 22.0. The molecule has 1 saturated heterocycles. The SMILES string of the molecule is CC.CCN1CCN(c2cnc3nc(Cl)nc(N(C)[C@H](C)c4cc([N+](=O)[O-])cc(C(F)(F)F)c4)c3c2)CC1. The number of halogens is 4. The van der Waals surface area contributed by atoms with Crippen LogP contribution in [0.15, 0.2) is 30.5 Å². The van der Waals surface area contributed by atoms with Crippen LogP contribution in [0.5, 0.6) is 0 Å². The minimum atomic E-state index is -4.73. The molecule has 1 aliphatic heterocycles. The Kier molecular flexibility index (Phi) is 9.31. The van der Waals surface area contributed by atoms with Crippen LogP contribution in [0.3, 0.4) is 0 Å². The highest BCUT2D eigenvalue weighted by Crippen LogP contribution is 2.37. The van der Waals surface area contributed by atoms with Crippen LogP contribution in [0.4, 0.5) is 30.4 Å². The minimum absolute atomic E-state index is 0.0663. The molecule has 3 aromatic rings. The van der Waals surface area contributed by atoms with E-state index in [1.807, 2.05) is 19.9 Å². The molecule has 0 unspecified atom stereocenters. The van der Waals surface area contributed by atoms with Gasteiger partial charge in [0.2, 0.25) is 5.28 Å². The lowest BCUT2D eigenvalue weighted by atomic mass is 10.0. The van der Waals surface area contributed by atoms with E-state index in [2.05, 4.69) is 31.7 Å². The first-order valence-electron chi connectivity index (χ1n) is 12.4. The molecule has 1 fully saturated rings. The molecule has 0 spiro atoms. The van der Waals surface area contributed by atoms with Crippen molar-refractivity contribution in [2.75, 3.05) is 49.6 Å². The third-order valence-corrected chi connectivity index (χ3v) is 6.72. The van der Waals surface area contributed by atoms with E-state index in [9.17, 15) is 23.3 Å². The number of rotatable bonds is 6. The summed E-state index contributed by atoms with van der Waals surface area (Å²) in [6.07, 6.45) is -3.01. The summed E-state index contributed by atoms with van der Waals surface area (Å²) in [6.45, 7) is 12.2. The number of likely N-dealkylation sites (N-methyl/N-ethyl adjacent to an activating group) is 1. The van der Waals surface area contributed by atoms with E-state index in [0.29, 0.717) is 22.9 Å².